The van der Waals surface area contributed by atoms with E-state index in [2.05, 4.69) is 6.92 Å². The lowest BCUT2D eigenvalue weighted by Gasteiger charge is -2.29. The van der Waals surface area contributed by atoms with Crippen molar-refractivity contribution in [1.29, 1.82) is 0 Å². The van der Waals surface area contributed by atoms with E-state index >= 15 is 0 Å². The first-order chi connectivity index (χ1) is 10.8. The lowest BCUT2D eigenvalue weighted by Crippen LogP contribution is -2.44. The fraction of sp³-hybridized carbons (Fsp3) is 1.00. The molecule has 0 radical (unpaired) electrons. The second-order valence-electron chi connectivity index (χ2n) is 7.48. The van der Waals surface area contributed by atoms with Gasteiger partial charge in [-0.25, -0.2) is 0 Å². The van der Waals surface area contributed by atoms with Gasteiger partial charge in [0.1, 0.15) is 24.4 Å². The predicted molar refractivity (Wildman–Crippen MR) is 82.9 cm³/mol. The molecule has 0 aromatic carbocycles. The molecule has 3 heterocycles. The smallest absolute Gasteiger partial charge is 0.190 e. The highest BCUT2D eigenvalue weighted by molar-refractivity contribution is 4.98. The Morgan fingerprint density at radius 1 is 0.957 bits per heavy atom. The van der Waals surface area contributed by atoms with Gasteiger partial charge < -0.3 is 28.4 Å². The molecule has 0 unspecified atom stereocenters. The van der Waals surface area contributed by atoms with Crippen LogP contribution in [0.4, 0.5) is 0 Å². The van der Waals surface area contributed by atoms with E-state index in [0.29, 0.717) is 13.2 Å². The van der Waals surface area contributed by atoms with Crippen LogP contribution in [0.1, 0.15) is 53.9 Å². The summed E-state index contributed by atoms with van der Waals surface area (Å²) in [5, 5.41) is 0. The topological polar surface area (TPSA) is 55.4 Å². The van der Waals surface area contributed by atoms with E-state index in [-0.39, 0.29) is 24.4 Å². The Balaban J connectivity index is 1.66. The van der Waals surface area contributed by atoms with Crippen LogP contribution in [0.3, 0.4) is 0 Å². The minimum absolute atomic E-state index is 0.165. The van der Waals surface area contributed by atoms with Crippen LogP contribution in [0, 0.1) is 0 Å². The van der Waals surface area contributed by atoms with Crippen molar-refractivity contribution in [1.82, 2.24) is 0 Å². The molecule has 0 N–H and O–H groups in total. The quantitative estimate of drug-likeness (QED) is 0.698. The highest BCUT2D eigenvalue weighted by atomic mass is 16.8. The Hall–Kier alpha value is -0.240. The maximum atomic E-state index is 6.14. The van der Waals surface area contributed by atoms with E-state index in [0.717, 1.165) is 12.8 Å². The average molecular weight is 330 g/mol. The monoisotopic (exact) mass is 330 g/mol. The lowest BCUT2D eigenvalue weighted by atomic mass is 10.1. The van der Waals surface area contributed by atoms with Crippen molar-refractivity contribution in [2.45, 2.75) is 96.2 Å². The maximum Gasteiger partial charge on any atom is 0.190 e. The van der Waals surface area contributed by atoms with E-state index in [1.807, 2.05) is 27.7 Å². The molecule has 0 spiro atoms. The van der Waals surface area contributed by atoms with Gasteiger partial charge in [-0.1, -0.05) is 19.8 Å². The van der Waals surface area contributed by atoms with E-state index in [9.17, 15) is 0 Å². The van der Waals surface area contributed by atoms with Gasteiger partial charge in [0.25, 0.3) is 0 Å². The Bertz CT molecular complexity index is 410. The summed E-state index contributed by atoms with van der Waals surface area (Å²) in [6.45, 7) is 11.0. The van der Waals surface area contributed by atoms with Crippen molar-refractivity contribution in [3.05, 3.63) is 0 Å². The molecular formula is C17H30O6. The number of hydrogen-bond acceptors (Lipinski definition) is 6. The summed E-state index contributed by atoms with van der Waals surface area (Å²) in [7, 11) is 0. The Kier molecular flexibility index (Phi) is 5.03. The Morgan fingerprint density at radius 2 is 1.74 bits per heavy atom. The van der Waals surface area contributed by atoms with Gasteiger partial charge in [-0.2, -0.15) is 0 Å². The molecule has 0 bridgehead atoms. The summed E-state index contributed by atoms with van der Waals surface area (Å²) in [6.07, 6.45) is 2.15. The molecule has 3 saturated heterocycles. The summed E-state index contributed by atoms with van der Waals surface area (Å²) < 4.78 is 35.7. The van der Waals surface area contributed by atoms with Gasteiger partial charge in [0.2, 0.25) is 0 Å². The number of rotatable bonds is 6. The third-order valence-electron chi connectivity index (χ3n) is 4.48. The van der Waals surface area contributed by atoms with Gasteiger partial charge in [0.05, 0.1) is 6.61 Å². The first-order valence-electron chi connectivity index (χ1n) is 8.76. The number of fused-ring (bicyclic) bond motifs is 1. The highest BCUT2D eigenvalue weighted by Gasteiger charge is 2.58. The van der Waals surface area contributed by atoms with Gasteiger partial charge >= 0.3 is 0 Å². The number of hydrogen-bond donors (Lipinski definition) is 0. The summed E-state index contributed by atoms with van der Waals surface area (Å²) >= 11 is 0. The summed E-state index contributed by atoms with van der Waals surface area (Å²) in [4.78, 5) is 0. The Labute approximate surface area is 138 Å². The molecule has 0 saturated carbocycles. The zero-order valence-electron chi connectivity index (χ0n) is 14.9. The highest BCUT2D eigenvalue weighted by Crippen LogP contribution is 2.41. The fourth-order valence-corrected chi connectivity index (χ4v) is 3.44. The second-order valence-corrected chi connectivity index (χ2v) is 7.48. The van der Waals surface area contributed by atoms with Gasteiger partial charge in [-0.3, -0.25) is 0 Å². The molecule has 0 aromatic rings. The normalized spacial score (nSPS) is 41.3. The van der Waals surface area contributed by atoms with Crippen molar-refractivity contribution in [3.63, 3.8) is 0 Å². The fourth-order valence-electron chi connectivity index (χ4n) is 3.44. The van der Waals surface area contributed by atoms with Gasteiger partial charge in [0, 0.05) is 6.61 Å². The van der Waals surface area contributed by atoms with Gasteiger partial charge in [0.15, 0.2) is 17.9 Å². The predicted octanol–water partition coefficient (Wildman–Crippen LogP) is 2.59. The van der Waals surface area contributed by atoms with Crippen LogP contribution >= 0.6 is 0 Å². The molecule has 3 fully saturated rings. The van der Waals surface area contributed by atoms with Crippen LogP contribution in [0.2, 0.25) is 0 Å². The third kappa shape index (κ3) is 3.89. The summed E-state index contributed by atoms with van der Waals surface area (Å²) in [6, 6.07) is 0. The van der Waals surface area contributed by atoms with Crippen molar-refractivity contribution >= 4 is 0 Å². The minimum Gasteiger partial charge on any atom is -0.372 e. The molecule has 6 heteroatoms. The van der Waals surface area contributed by atoms with Crippen LogP contribution in [-0.4, -0.2) is 55.5 Å². The number of unbranched alkanes of at least 4 members (excludes halogenated alkanes) is 2. The van der Waals surface area contributed by atoms with E-state index < -0.39 is 17.9 Å². The molecule has 134 valence electrons. The van der Waals surface area contributed by atoms with Crippen LogP contribution in [0.15, 0.2) is 0 Å². The van der Waals surface area contributed by atoms with E-state index in [1.54, 1.807) is 0 Å². The lowest BCUT2D eigenvalue weighted by molar-refractivity contribution is -0.236. The molecule has 0 amide bonds. The molecule has 3 rings (SSSR count). The first-order valence-corrected chi connectivity index (χ1v) is 8.76. The minimum atomic E-state index is -0.641. The molecule has 6 nitrogen and oxygen atoms in total. The van der Waals surface area contributed by atoms with Crippen molar-refractivity contribution in [2.75, 3.05) is 13.2 Å². The van der Waals surface area contributed by atoms with Gasteiger partial charge in [-0.05, 0) is 34.1 Å². The molecular weight excluding hydrogens is 300 g/mol. The Morgan fingerprint density at radius 3 is 2.39 bits per heavy atom. The van der Waals surface area contributed by atoms with Crippen LogP contribution < -0.4 is 0 Å². The summed E-state index contributed by atoms with van der Waals surface area (Å²) in [5.74, 6) is -1.23. The van der Waals surface area contributed by atoms with Crippen LogP contribution in [0.5, 0.6) is 0 Å². The summed E-state index contributed by atoms with van der Waals surface area (Å²) in [5.41, 5.74) is 0. The molecule has 3 aliphatic rings. The third-order valence-corrected chi connectivity index (χ3v) is 4.48. The molecule has 5 atom stereocenters. The van der Waals surface area contributed by atoms with Crippen LogP contribution in [0.25, 0.3) is 0 Å². The molecule has 0 aromatic heterocycles. The molecule has 23 heavy (non-hydrogen) atoms. The number of ether oxygens (including phenoxy) is 6. The van der Waals surface area contributed by atoms with Gasteiger partial charge in [-0.15, -0.1) is 0 Å². The second kappa shape index (κ2) is 6.58. The zero-order chi connectivity index (χ0) is 16.7. The van der Waals surface area contributed by atoms with Crippen molar-refractivity contribution in [3.8, 4) is 0 Å². The van der Waals surface area contributed by atoms with E-state index in [1.165, 1.54) is 6.42 Å². The average Bonchev–Trinajstić information content (AvgIpc) is 3.05. The standard InChI is InChI=1S/C17H30O6/c1-6-7-8-9-18-13-12(11-10-19-16(2,3)21-11)20-15-14(13)22-17(4,5)23-15/h11-15H,6-10H2,1-5H3/t11-,12-,13+,14+,15-/m0/s1. The SMILES string of the molecule is CCCCCO[C@@H]1[C@H]([C@@H]2COC(C)(C)O2)O[C@H]2OC(C)(C)O[C@@H]21. The molecule has 3 aliphatic heterocycles. The van der Waals surface area contributed by atoms with Crippen LogP contribution in [-0.2, 0) is 28.4 Å². The maximum absolute atomic E-state index is 6.14. The van der Waals surface area contributed by atoms with Crippen molar-refractivity contribution in [2.24, 2.45) is 0 Å². The van der Waals surface area contributed by atoms with E-state index in [4.69, 9.17) is 28.4 Å². The zero-order valence-corrected chi connectivity index (χ0v) is 14.9. The molecule has 0 aliphatic carbocycles. The first kappa shape index (κ1) is 17.6. The van der Waals surface area contributed by atoms with Crippen molar-refractivity contribution < 1.29 is 28.4 Å². The largest absolute Gasteiger partial charge is 0.372 e.